The fourth-order valence-corrected chi connectivity index (χ4v) is 2.85. The minimum Gasteiger partial charge on any atom is -0.492 e. The third kappa shape index (κ3) is 5.55. The number of benzene rings is 2. The Kier molecular flexibility index (Phi) is 6.98. The average Bonchev–Trinajstić information content (AvgIpc) is 2.73. The minimum absolute atomic E-state index is 0.131. The molecule has 0 aliphatic rings. The van der Waals surface area contributed by atoms with E-state index in [1.807, 2.05) is 68.7 Å². The average molecular weight is 406 g/mol. The van der Waals surface area contributed by atoms with Crippen molar-refractivity contribution in [1.29, 1.82) is 0 Å². The van der Waals surface area contributed by atoms with Crippen molar-refractivity contribution in [3.05, 3.63) is 87.8 Å². The summed E-state index contributed by atoms with van der Waals surface area (Å²) in [4.78, 5) is 27.0. The topological polar surface area (TPSA) is 76.5 Å². The third-order valence-electron chi connectivity index (χ3n) is 4.51. The quantitative estimate of drug-likeness (QED) is 0.622. The molecule has 7 nitrogen and oxygen atoms in total. The number of aromatic nitrogens is 2. The van der Waals surface area contributed by atoms with Crippen molar-refractivity contribution in [3.8, 4) is 11.4 Å². The maximum Gasteiger partial charge on any atom is 0.276 e. The van der Waals surface area contributed by atoms with Crippen molar-refractivity contribution in [2.75, 3.05) is 27.2 Å². The molecule has 0 spiro atoms. The third-order valence-corrected chi connectivity index (χ3v) is 4.51. The van der Waals surface area contributed by atoms with E-state index in [0.29, 0.717) is 12.3 Å². The zero-order chi connectivity index (χ0) is 21.5. The lowest BCUT2D eigenvalue weighted by Crippen LogP contribution is -2.31. The number of rotatable bonds is 8. The molecule has 1 heterocycles. The normalized spacial score (nSPS) is 10.8. The van der Waals surface area contributed by atoms with Gasteiger partial charge in [-0.25, -0.2) is 4.68 Å². The Balaban J connectivity index is 1.66. The number of nitrogens with zero attached hydrogens (tertiary/aromatic N) is 3. The molecule has 0 unspecified atom stereocenters. The molecular formula is C23H26N4O3. The van der Waals surface area contributed by atoms with Crippen LogP contribution >= 0.6 is 0 Å². The van der Waals surface area contributed by atoms with Gasteiger partial charge >= 0.3 is 0 Å². The van der Waals surface area contributed by atoms with Gasteiger partial charge in [0.2, 0.25) is 5.43 Å². The smallest absolute Gasteiger partial charge is 0.276 e. The van der Waals surface area contributed by atoms with Gasteiger partial charge in [0.15, 0.2) is 5.69 Å². The zero-order valence-electron chi connectivity index (χ0n) is 17.5. The fraction of sp³-hybridized carbons (Fsp3) is 0.261. The molecule has 3 rings (SSSR count). The first-order valence-electron chi connectivity index (χ1n) is 9.75. The number of aryl methyl sites for hydroxylation is 1. The van der Waals surface area contributed by atoms with Crippen LogP contribution in [0.15, 0.2) is 65.5 Å². The zero-order valence-corrected chi connectivity index (χ0v) is 17.5. The monoisotopic (exact) mass is 406 g/mol. The maximum absolute atomic E-state index is 12.6. The van der Waals surface area contributed by atoms with Crippen LogP contribution in [0, 0.1) is 6.92 Å². The van der Waals surface area contributed by atoms with E-state index < -0.39 is 11.3 Å². The molecule has 0 fully saturated rings. The minimum atomic E-state index is -0.504. The van der Waals surface area contributed by atoms with Crippen molar-refractivity contribution in [2.45, 2.75) is 13.5 Å². The molecular weight excluding hydrogens is 380 g/mol. The Hall–Kier alpha value is -3.45. The lowest BCUT2D eigenvalue weighted by Gasteiger charge is -2.12. The Morgan fingerprint density at radius 3 is 2.47 bits per heavy atom. The Labute approximate surface area is 175 Å². The summed E-state index contributed by atoms with van der Waals surface area (Å²) in [5.74, 6) is 0.272. The van der Waals surface area contributed by atoms with Gasteiger partial charge in [0.1, 0.15) is 12.4 Å². The van der Waals surface area contributed by atoms with Crippen LogP contribution in [-0.4, -0.2) is 47.8 Å². The second-order valence-electron chi connectivity index (χ2n) is 7.22. The first-order chi connectivity index (χ1) is 14.4. The van der Waals surface area contributed by atoms with Crippen LogP contribution in [0.4, 0.5) is 0 Å². The summed E-state index contributed by atoms with van der Waals surface area (Å²) in [7, 11) is 3.99. The van der Waals surface area contributed by atoms with Crippen LogP contribution < -0.4 is 15.5 Å². The van der Waals surface area contributed by atoms with Gasteiger partial charge < -0.3 is 15.0 Å². The van der Waals surface area contributed by atoms with Gasteiger partial charge in [0, 0.05) is 24.8 Å². The molecule has 1 N–H and O–H groups in total. The van der Waals surface area contributed by atoms with E-state index in [9.17, 15) is 9.59 Å². The maximum atomic E-state index is 12.6. The van der Waals surface area contributed by atoms with E-state index in [0.717, 1.165) is 23.5 Å². The second-order valence-corrected chi connectivity index (χ2v) is 7.22. The molecule has 3 aromatic rings. The van der Waals surface area contributed by atoms with E-state index in [-0.39, 0.29) is 12.2 Å². The van der Waals surface area contributed by atoms with Crippen molar-refractivity contribution in [1.82, 2.24) is 20.0 Å². The van der Waals surface area contributed by atoms with Gasteiger partial charge in [-0.2, -0.15) is 5.10 Å². The summed E-state index contributed by atoms with van der Waals surface area (Å²) in [5, 5.41) is 7.05. The highest BCUT2D eigenvalue weighted by molar-refractivity contribution is 5.92. The number of carbonyl (C=O) groups excluding carboxylic acids is 1. The standard InChI is InChI=1S/C23H26N4O3/c1-17-15-21(28)22(25-27(17)19-7-5-4-6-8-19)23(29)24-16-18-9-11-20(12-10-18)30-14-13-26(2)3/h4-12,15H,13-14,16H2,1-3H3,(H,24,29). The van der Waals surface area contributed by atoms with Crippen LogP contribution in [-0.2, 0) is 6.54 Å². The van der Waals surface area contributed by atoms with Crippen molar-refractivity contribution < 1.29 is 9.53 Å². The van der Waals surface area contributed by atoms with Crippen molar-refractivity contribution >= 4 is 5.91 Å². The van der Waals surface area contributed by atoms with Gasteiger partial charge in [0.25, 0.3) is 5.91 Å². The SMILES string of the molecule is Cc1cc(=O)c(C(=O)NCc2ccc(OCCN(C)C)cc2)nn1-c1ccccc1. The van der Waals surface area contributed by atoms with Gasteiger partial charge in [-0.15, -0.1) is 0 Å². The molecule has 30 heavy (non-hydrogen) atoms. The van der Waals surface area contributed by atoms with E-state index in [2.05, 4.69) is 15.3 Å². The number of para-hydroxylation sites is 1. The van der Waals surface area contributed by atoms with Crippen LogP contribution in [0.2, 0.25) is 0 Å². The van der Waals surface area contributed by atoms with Gasteiger partial charge in [-0.1, -0.05) is 30.3 Å². The number of amides is 1. The van der Waals surface area contributed by atoms with Crippen molar-refractivity contribution in [2.24, 2.45) is 0 Å². The Morgan fingerprint density at radius 1 is 1.10 bits per heavy atom. The predicted molar refractivity (Wildman–Crippen MR) is 116 cm³/mol. The molecule has 1 aromatic heterocycles. The summed E-state index contributed by atoms with van der Waals surface area (Å²) in [6.45, 7) is 3.51. The molecule has 2 aromatic carbocycles. The van der Waals surface area contributed by atoms with E-state index in [4.69, 9.17) is 4.74 Å². The summed E-state index contributed by atoms with van der Waals surface area (Å²) in [5.41, 5.74) is 1.82. The molecule has 0 saturated carbocycles. The predicted octanol–water partition coefficient (Wildman–Crippen LogP) is 2.41. The molecule has 1 amide bonds. The molecule has 0 aliphatic carbocycles. The highest BCUT2D eigenvalue weighted by Crippen LogP contribution is 2.12. The lowest BCUT2D eigenvalue weighted by molar-refractivity contribution is 0.0943. The van der Waals surface area contributed by atoms with Gasteiger partial charge in [-0.05, 0) is 50.8 Å². The van der Waals surface area contributed by atoms with Gasteiger partial charge in [-0.3, -0.25) is 9.59 Å². The highest BCUT2D eigenvalue weighted by Gasteiger charge is 2.15. The number of ether oxygens (including phenoxy) is 1. The summed E-state index contributed by atoms with van der Waals surface area (Å²) in [6.07, 6.45) is 0. The first kappa shape index (κ1) is 21.3. The Morgan fingerprint density at radius 2 is 1.80 bits per heavy atom. The molecule has 156 valence electrons. The van der Waals surface area contributed by atoms with Crippen LogP contribution in [0.3, 0.4) is 0 Å². The number of nitrogens with one attached hydrogen (secondary N) is 1. The lowest BCUT2D eigenvalue weighted by atomic mass is 10.2. The highest BCUT2D eigenvalue weighted by atomic mass is 16.5. The summed E-state index contributed by atoms with van der Waals surface area (Å²) in [6, 6.07) is 18.3. The van der Waals surface area contributed by atoms with Crippen LogP contribution in [0.1, 0.15) is 21.7 Å². The summed E-state index contributed by atoms with van der Waals surface area (Å²) < 4.78 is 7.26. The molecule has 7 heteroatoms. The van der Waals surface area contributed by atoms with Crippen molar-refractivity contribution in [3.63, 3.8) is 0 Å². The molecule has 0 saturated heterocycles. The molecule has 0 aliphatic heterocycles. The largest absolute Gasteiger partial charge is 0.492 e. The van der Waals surface area contributed by atoms with Crippen LogP contribution in [0.5, 0.6) is 5.75 Å². The molecule has 0 atom stereocenters. The first-order valence-corrected chi connectivity index (χ1v) is 9.75. The van der Waals surface area contributed by atoms with E-state index >= 15 is 0 Å². The number of likely N-dealkylation sites (N-methyl/N-ethyl adjacent to an activating group) is 1. The Bertz CT molecular complexity index is 1040. The van der Waals surface area contributed by atoms with Gasteiger partial charge in [0.05, 0.1) is 5.69 Å². The molecule has 0 radical (unpaired) electrons. The molecule has 0 bridgehead atoms. The second kappa shape index (κ2) is 9.84. The number of hydrogen-bond donors (Lipinski definition) is 1. The summed E-state index contributed by atoms with van der Waals surface area (Å²) >= 11 is 0. The number of hydrogen-bond acceptors (Lipinski definition) is 5. The van der Waals surface area contributed by atoms with E-state index in [1.54, 1.807) is 11.6 Å². The fourth-order valence-electron chi connectivity index (χ4n) is 2.85. The van der Waals surface area contributed by atoms with Crippen LogP contribution in [0.25, 0.3) is 5.69 Å². The number of carbonyl (C=O) groups is 1. The van der Waals surface area contributed by atoms with E-state index in [1.165, 1.54) is 6.07 Å².